The smallest absolute Gasteiger partial charge is 0.175 e. The van der Waals surface area contributed by atoms with Crippen LogP contribution in [0.5, 0.6) is 0 Å². The average molecular weight is 561 g/mol. The number of Topliss-reactive ketones (excluding diaryl/α,β-unsaturated/α-hetero) is 1. The summed E-state index contributed by atoms with van der Waals surface area (Å²) < 4.78 is 7.97. The zero-order chi connectivity index (χ0) is 23.1. The van der Waals surface area contributed by atoms with Gasteiger partial charge in [-0.3, -0.25) is 4.79 Å². The zero-order valence-electron chi connectivity index (χ0n) is 20.1. The van der Waals surface area contributed by atoms with Gasteiger partial charge in [0.15, 0.2) is 5.78 Å². The first-order valence-electron chi connectivity index (χ1n) is 12.7. The Bertz CT molecular complexity index is 1050. The molecule has 1 saturated heterocycles. The lowest BCUT2D eigenvalue weighted by Gasteiger charge is -2.33. The fraction of sp³-hybridized carbons (Fsp3) is 0.607. The van der Waals surface area contributed by atoms with Crippen LogP contribution >= 0.6 is 22.6 Å². The minimum atomic E-state index is -0.0102. The van der Waals surface area contributed by atoms with E-state index in [0.29, 0.717) is 5.92 Å². The Morgan fingerprint density at radius 3 is 2.70 bits per heavy atom. The van der Waals surface area contributed by atoms with Crippen molar-refractivity contribution in [2.45, 2.75) is 55.3 Å². The van der Waals surface area contributed by atoms with E-state index < -0.39 is 0 Å². The average Bonchev–Trinajstić information content (AvgIpc) is 3.67. The van der Waals surface area contributed by atoms with Crippen molar-refractivity contribution in [3.8, 4) is 0 Å². The molecule has 0 spiro atoms. The van der Waals surface area contributed by atoms with Crippen molar-refractivity contribution in [1.29, 1.82) is 0 Å². The van der Waals surface area contributed by atoms with Crippen LogP contribution in [0.4, 0.5) is 0 Å². The van der Waals surface area contributed by atoms with E-state index in [4.69, 9.17) is 4.74 Å². The second-order valence-corrected chi connectivity index (χ2v) is 12.0. The Morgan fingerprint density at radius 2 is 1.97 bits per heavy atom. The molecule has 5 rings (SSSR count). The topological polar surface area (TPSA) is 34.5 Å². The number of carbonyl (C=O) groups is 1. The fourth-order valence-corrected chi connectivity index (χ4v) is 6.68. The van der Waals surface area contributed by atoms with Crippen LogP contribution in [0.2, 0.25) is 0 Å². The number of fused-ring (bicyclic) bond motifs is 3. The van der Waals surface area contributed by atoms with Crippen molar-refractivity contribution in [2.24, 2.45) is 24.8 Å². The zero-order valence-corrected chi connectivity index (χ0v) is 22.3. The maximum absolute atomic E-state index is 13.3. The van der Waals surface area contributed by atoms with Gasteiger partial charge in [0.25, 0.3) is 0 Å². The SMILES string of the molecule is C=C(C1CC1)N(C)CCC(I)C(=O)c1ccc2c(c1)c1c(n2C)CCC(C2CCOCC2)C1. The third-order valence-corrected chi connectivity index (χ3v) is 9.60. The molecule has 33 heavy (non-hydrogen) atoms. The van der Waals surface area contributed by atoms with Gasteiger partial charge >= 0.3 is 0 Å². The number of carbonyl (C=O) groups excluding carboxylic acids is 1. The van der Waals surface area contributed by atoms with E-state index >= 15 is 0 Å². The Balaban J connectivity index is 1.32. The first kappa shape index (κ1) is 23.4. The highest BCUT2D eigenvalue weighted by Gasteiger charge is 2.31. The lowest BCUT2D eigenvalue weighted by atomic mass is 9.75. The number of ketones is 1. The highest BCUT2D eigenvalue weighted by molar-refractivity contribution is 14.1. The highest BCUT2D eigenvalue weighted by atomic mass is 127. The van der Waals surface area contributed by atoms with Crippen molar-refractivity contribution >= 4 is 39.3 Å². The molecule has 0 amide bonds. The minimum Gasteiger partial charge on any atom is -0.381 e. The van der Waals surface area contributed by atoms with Gasteiger partial charge in [0.1, 0.15) is 0 Å². The van der Waals surface area contributed by atoms with E-state index in [-0.39, 0.29) is 9.71 Å². The molecule has 4 nitrogen and oxygen atoms in total. The van der Waals surface area contributed by atoms with Crippen molar-refractivity contribution in [1.82, 2.24) is 9.47 Å². The number of halogens is 1. The van der Waals surface area contributed by atoms with Crippen LogP contribution in [0.3, 0.4) is 0 Å². The predicted octanol–water partition coefficient (Wildman–Crippen LogP) is 5.94. The molecule has 0 N–H and O–H groups in total. The molecule has 1 aliphatic heterocycles. The number of nitrogens with zero attached hydrogens (tertiary/aromatic N) is 2. The van der Waals surface area contributed by atoms with Gasteiger partial charge in [0, 0.05) is 61.7 Å². The van der Waals surface area contributed by atoms with E-state index in [2.05, 4.69) is 64.9 Å². The molecule has 2 atom stereocenters. The number of alkyl halides is 1. The van der Waals surface area contributed by atoms with Crippen LogP contribution < -0.4 is 0 Å². The predicted molar refractivity (Wildman–Crippen MR) is 143 cm³/mol. The molecule has 2 aliphatic carbocycles. The van der Waals surface area contributed by atoms with Crippen LogP contribution in [0, 0.1) is 17.8 Å². The summed E-state index contributed by atoms with van der Waals surface area (Å²) in [5.74, 6) is 2.47. The standard InChI is InChI=1S/C28H37IN2O2/c1-18(19-4-5-19)30(2)13-10-25(29)28(32)22-7-9-27-24(17-22)23-16-21(6-8-26(23)31(27)3)20-11-14-33-15-12-20/h7,9,17,19-21,25H,1,4-6,8,10-16H2,2-3H3. The van der Waals surface area contributed by atoms with Gasteiger partial charge in [0.05, 0.1) is 3.92 Å². The van der Waals surface area contributed by atoms with Gasteiger partial charge in [-0.15, -0.1) is 0 Å². The summed E-state index contributed by atoms with van der Waals surface area (Å²) >= 11 is 2.34. The van der Waals surface area contributed by atoms with Crippen molar-refractivity contribution in [3.63, 3.8) is 0 Å². The summed E-state index contributed by atoms with van der Waals surface area (Å²) in [5.41, 5.74) is 6.35. The molecule has 1 aromatic carbocycles. The van der Waals surface area contributed by atoms with Crippen molar-refractivity contribution in [3.05, 3.63) is 47.3 Å². The van der Waals surface area contributed by atoms with E-state index in [1.54, 1.807) is 0 Å². The van der Waals surface area contributed by atoms with Gasteiger partial charge in [-0.2, -0.15) is 0 Å². The maximum atomic E-state index is 13.3. The molecule has 2 aromatic rings. The summed E-state index contributed by atoms with van der Waals surface area (Å²) in [7, 11) is 4.31. The maximum Gasteiger partial charge on any atom is 0.175 e. The second-order valence-electron chi connectivity index (χ2n) is 10.5. The van der Waals surface area contributed by atoms with Crippen molar-refractivity contribution in [2.75, 3.05) is 26.8 Å². The number of rotatable bonds is 8. The van der Waals surface area contributed by atoms with Crippen LogP contribution in [-0.4, -0.2) is 46.0 Å². The Labute approximate surface area is 211 Å². The van der Waals surface area contributed by atoms with Crippen LogP contribution in [0.25, 0.3) is 10.9 Å². The normalized spacial score (nSPS) is 22.2. The lowest BCUT2D eigenvalue weighted by Crippen LogP contribution is -2.28. The largest absolute Gasteiger partial charge is 0.381 e. The Morgan fingerprint density at radius 1 is 1.21 bits per heavy atom. The van der Waals surface area contributed by atoms with E-state index in [1.165, 1.54) is 60.0 Å². The summed E-state index contributed by atoms with van der Waals surface area (Å²) in [6.07, 6.45) is 9.38. The van der Waals surface area contributed by atoms with Crippen LogP contribution in [0.15, 0.2) is 30.5 Å². The monoisotopic (exact) mass is 560 g/mol. The first-order valence-corrected chi connectivity index (χ1v) is 13.9. The van der Waals surface area contributed by atoms with Crippen LogP contribution in [0.1, 0.15) is 60.1 Å². The molecule has 2 unspecified atom stereocenters. The minimum absolute atomic E-state index is 0.0102. The van der Waals surface area contributed by atoms with E-state index in [0.717, 1.165) is 56.4 Å². The van der Waals surface area contributed by atoms with Crippen LogP contribution in [-0.2, 0) is 24.6 Å². The molecule has 0 radical (unpaired) electrons. The highest BCUT2D eigenvalue weighted by Crippen LogP contribution is 2.40. The Hall–Kier alpha value is -1.34. The number of benzene rings is 1. The number of aromatic nitrogens is 1. The first-order chi connectivity index (χ1) is 15.9. The molecule has 1 saturated carbocycles. The number of hydrogen-bond acceptors (Lipinski definition) is 3. The summed E-state index contributed by atoms with van der Waals surface area (Å²) in [6.45, 7) is 6.98. The van der Waals surface area contributed by atoms with Crippen molar-refractivity contribution < 1.29 is 9.53 Å². The molecule has 2 fully saturated rings. The quantitative estimate of drug-likeness (QED) is 0.228. The number of aryl methyl sites for hydroxylation is 1. The second kappa shape index (κ2) is 9.73. The molecule has 178 valence electrons. The third kappa shape index (κ3) is 4.77. The summed E-state index contributed by atoms with van der Waals surface area (Å²) in [4.78, 5) is 15.6. The van der Waals surface area contributed by atoms with E-state index in [1.807, 2.05) is 6.07 Å². The third-order valence-electron chi connectivity index (χ3n) is 8.41. The molecule has 5 heteroatoms. The molecule has 3 aliphatic rings. The van der Waals surface area contributed by atoms with Gasteiger partial charge in [-0.1, -0.05) is 29.2 Å². The summed E-state index contributed by atoms with van der Waals surface area (Å²) in [5, 5.41) is 1.30. The molecular formula is C28H37IN2O2. The fourth-order valence-electron chi connectivity index (χ4n) is 6.04. The van der Waals surface area contributed by atoms with Gasteiger partial charge in [0.2, 0.25) is 0 Å². The molecular weight excluding hydrogens is 523 g/mol. The molecule has 2 heterocycles. The van der Waals surface area contributed by atoms with Gasteiger partial charge < -0.3 is 14.2 Å². The van der Waals surface area contributed by atoms with Gasteiger partial charge in [-0.25, -0.2) is 0 Å². The van der Waals surface area contributed by atoms with Gasteiger partial charge in [-0.05, 0) is 92.9 Å². The number of hydrogen-bond donors (Lipinski definition) is 0. The number of ether oxygens (including phenoxy) is 1. The lowest BCUT2D eigenvalue weighted by molar-refractivity contribution is 0.0439. The molecule has 1 aromatic heterocycles. The Kier molecular flexibility index (Phi) is 6.90. The van der Waals surface area contributed by atoms with E-state index in [9.17, 15) is 4.79 Å². The number of allylic oxidation sites excluding steroid dienone is 1. The molecule has 0 bridgehead atoms. The summed E-state index contributed by atoms with van der Waals surface area (Å²) in [6, 6.07) is 6.42.